The topological polar surface area (TPSA) is 25.8 Å². The summed E-state index contributed by atoms with van der Waals surface area (Å²) in [6, 6.07) is 40.5. The van der Waals surface area contributed by atoms with Crippen LogP contribution in [-0.2, 0) is 25.5 Å². The van der Waals surface area contributed by atoms with E-state index in [4.69, 9.17) is 0 Å². The molecule has 0 saturated carbocycles. The van der Waals surface area contributed by atoms with E-state index in [1.54, 1.807) is 11.3 Å². The van der Waals surface area contributed by atoms with Crippen molar-refractivity contribution in [3.8, 4) is 33.6 Å². The number of hydrogen-bond donors (Lipinski definition) is 0. The van der Waals surface area contributed by atoms with Crippen LogP contribution in [0, 0.1) is 17.9 Å². The molecule has 2 nitrogen and oxygen atoms in total. The summed E-state index contributed by atoms with van der Waals surface area (Å²) in [6.45, 7) is 6.63. The quantitative estimate of drug-likeness (QED) is 0.130. The Balaban J connectivity index is 0.000000217. The Labute approximate surface area is 297 Å². The van der Waals surface area contributed by atoms with Gasteiger partial charge in [0.05, 0.1) is 0 Å². The van der Waals surface area contributed by atoms with E-state index >= 15 is 0 Å². The molecule has 3 aromatic heterocycles. The van der Waals surface area contributed by atoms with Crippen molar-refractivity contribution in [1.29, 1.82) is 0 Å². The predicted molar refractivity (Wildman–Crippen MR) is 197 cm³/mol. The van der Waals surface area contributed by atoms with E-state index in [0.717, 1.165) is 33.6 Å². The maximum Gasteiger partial charge on any atom is 0 e. The van der Waals surface area contributed by atoms with Gasteiger partial charge >= 0.3 is 99.8 Å². The first-order valence-electron chi connectivity index (χ1n) is 15.5. The average Bonchev–Trinajstić information content (AvgIpc) is 3.43. The van der Waals surface area contributed by atoms with Crippen LogP contribution in [-0.4, -0.2) is 23.2 Å². The van der Waals surface area contributed by atoms with E-state index in [0.29, 0.717) is 0 Å². The van der Waals surface area contributed by atoms with Gasteiger partial charge in [-0.1, -0.05) is 62.6 Å². The number of pyridine rings is 2. The summed E-state index contributed by atoms with van der Waals surface area (Å²) >= 11 is 0.0485. The second kappa shape index (κ2) is 14.3. The van der Waals surface area contributed by atoms with Crippen molar-refractivity contribution in [2.75, 3.05) is 0 Å². The molecule has 0 saturated heterocycles. The Hall–Kier alpha value is -3.48. The van der Waals surface area contributed by atoms with Crippen LogP contribution in [0.5, 0.6) is 0 Å². The predicted octanol–water partition coefficient (Wildman–Crippen LogP) is 11.1. The van der Waals surface area contributed by atoms with Crippen LogP contribution in [0.2, 0.25) is 17.3 Å². The summed E-state index contributed by atoms with van der Waals surface area (Å²) < 4.78 is 17.2. The summed E-state index contributed by atoms with van der Waals surface area (Å²) in [7, 11) is 0. The fourth-order valence-corrected chi connectivity index (χ4v) is 8.77. The molecule has 0 amide bonds. The second-order valence-corrected chi connectivity index (χ2v) is 25.3. The third kappa shape index (κ3) is 7.98. The molecule has 0 bridgehead atoms. The van der Waals surface area contributed by atoms with Crippen molar-refractivity contribution in [3.05, 3.63) is 139 Å². The van der Waals surface area contributed by atoms with Gasteiger partial charge in [0.15, 0.2) is 0 Å². The zero-order valence-corrected chi connectivity index (χ0v) is 32.8. The van der Waals surface area contributed by atoms with Crippen molar-refractivity contribution in [3.63, 3.8) is 0 Å². The Morgan fingerprint density at radius 2 is 1.53 bits per heavy atom. The second-order valence-electron chi connectivity index (χ2n) is 13.6. The van der Waals surface area contributed by atoms with Crippen LogP contribution in [0.4, 0.5) is 4.39 Å². The van der Waals surface area contributed by atoms with Crippen molar-refractivity contribution >= 4 is 49.2 Å². The van der Waals surface area contributed by atoms with Crippen LogP contribution >= 0.6 is 11.3 Å². The molecule has 0 aliphatic heterocycles. The fourth-order valence-electron chi connectivity index (χ4n) is 5.33. The summed E-state index contributed by atoms with van der Waals surface area (Å²) in [6.07, 6.45) is 3.92. The fraction of sp³-hybridized carbons (Fsp3) is 0.171. The normalized spacial score (nSPS) is 11.6. The monoisotopic (exact) mass is 875 g/mol. The van der Waals surface area contributed by atoms with Crippen molar-refractivity contribution in [2.45, 2.75) is 43.5 Å². The van der Waals surface area contributed by atoms with Gasteiger partial charge in [0.1, 0.15) is 5.82 Å². The molecule has 47 heavy (non-hydrogen) atoms. The summed E-state index contributed by atoms with van der Waals surface area (Å²) in [5, 5.41) is 2.39. The molecule has 239 valence electrons. The van der Waals surface area contributed by atoms with Crippen LogP contribution in [0.1, 0.15) is 26.3 Å². The van der Waals surface area contributed by atoms with Crippen molar-refractivity contribution in [1.82, 2.24) is 9.97 Å². The average molecular weight is 874 g/mol. The molecule has 0 aliphatic carbocycles. The molecule has 0 aliphatic rings. The van der Waals surface area contributed by atoms with Crippen LogP contribution in [0.15, 0.2) is 116 Å². The minimum atomic E-state index is -1.72. The summed E-state index contributed by atoms with van der Waals surface area (Å²) in [5.74, 6) is 6.92. The van der Waals surface area contributed by atoms with Crippen molar-refractivity contribution < 1.29 is 24.5 Å². The maximum atomic E-state index is 13.4. The molecule has 0 spiro atoms. The van der Waals surface area contributed by atoms with Crippen molar-refractivity contribution in [2.24, 2.45) is 0 Å². The van der Waals surface area contributed by atoms with E-state index in [2.05, 4.69) is 115 Å². The number of rotatable bonds is 4. The van der Waals surface area contributed by atoms with Gasteiger partial charge in [0.2, 0.25) is 0 Å². The Bertz CT molecular complexity index is 2110. The van der Waals surface area contributed by atoms with Gasteiger partial charge in [-0.25, -0.2) is 4.39 Å². The zero-order valence-electron chi connectivity index (χ0n) is 27.5. The minimum Gasteiger partial charge on any atom is 0 e. The molecular weight excluding hydrogens is 836 g/mol. The van der Waals surface area contributed by atoms with E-state index < -0.39 is 13.3 Å². The molecule has 0 N–H and O–H groups in total. The van der Waals surface area contributed by atoms with E-state index in [1.165, 1.54) is 42.3 Å². The van der Waals surface area contributed by atoms with Crippen LogP contribution in [0.25, 0.3) is 53.8 Å². The number of nitrogens with zero attached hydrogens (tertiary/aromatic N) is 2. The SMILES string of the molecule is CC(C)(C)c1ccnc(-c2[c-]cc3c(c2)sc2c(-c4ccc(F)cc4)cccc23)c1.[CH3][Ge]([CH3])([CH3])[c]1ccc(-c2[c-]cccc2)nc1.[Ir]. The van der Waals surface area contributed by atoms with Gasteiger partial charge in [0.25, 0.3) is 0 Å². The first-order chi connectivity index (χ1) is 22.0. The largest absolute Gasteiger partial charge is 0 e. The number of hydrogen-bond acceptors (Lipinski definition) is 3. The first-order valence-corrected chi connectivity index (χ1v) is 23.7. The molecule has 0 fully saturated rings. The molecule has 7 rings (SSSR count). The molecular formula is C41H37FGeIrN2S-2. The standard InChI is InChI=1S/C27H21FNS.C14H16GeN.Ir/c1-27(2,3)19-13-14-29-24(16-19)18-9-12-22-23-6-4-5-21(26(23)30-25(22)15-18)17-7-10-20(28)11-8-17;1-15(2,3)13-9-10-14(16-11-13)12-7-5-4-6-8-12;/h4-8,10-16H,1-3H3;4-7,9-11H,1-3H3;/q2*-1;. The van der Waals surface area contributed by atoms with Gasteiger partial charge in [0, 0.05) is 31.0 Å². The number of fused-ring (bicyclic) bond motifs is 3. The van der Waals surface area contributed by atoms with Gasteiger partial charge in [-0.15, -0.1) is 23.8 Å². The Kier molecular flexibility index (Phi) is 10.6. The van der Waals surface area contributed by atoms with E-state index in [-0.39, 0.29) is 31.3 Å². The molecule has 7 aromatic rings. The number of thiophene rings is 1. The van der Waals surface area contributed by atoms with Gasteiger partial charge in [-0.05, 0) is 56.1 Å². The third-order valence-electron chi connectivity index (χ3n) is 8.10. The molecule has 0 unspecified atom stereocenters. The maximum absolute atomic E-state index is 13.4. The summed E-state index contributed by atoms with van der Waals surface area (Å²) in [4.78, 5) is 9.13. The first kappa shape index (κ1) is 34.8. The number of halogens is 1. The Morgan fingerprint density at radius 3 is 2.19 bits per heavy atom. The molecule has 4 aromatic carbocycles. The molecule has 1 radical (unpaired) electrons. The van der Waals surface area contributed by atoms with E-state index in [1.807, 2.05) is 48.8 Å². The van der Waals surface area contributed by atoms with Gasteiger partial charge in [-0.3, -0.25) is 0 Å². The minimum absolute atomic E-state index is 0. The third-order valence-corrected chi connectivity index (χ3v) is 13.6. The van der Waals surface area contributed by atoms with Gasteiger partial charge in [-0.2, -0.15) is 11.3 Å². The number of benzene rings is 4. The zero-order chi connectivity index (χ0) is 32.5. The molecule has 0 atom stereocenters. The summed E-state index contributed by atoms with van der Waals surface area (Å²) in [5.41, 5.74) is 7.51. The van der Waals surface area contributed by atoms with Crippen LogP contribution < -0.4 is 4.40 Å². The van der Waals surface area contributed by atoms with Gasteiger partial charge < -0.3 is 4.98 Å². The number of aromatic nitrogens is 2. The van der Waals surface area contributed by atoms with E-state index in [9.17, 15) is 4.39 Å². The molecule has 3 heterocycles. The molecule has 6 heteroatoms. The Morgan fingerprint density at radius 1 is 0.745 bits per heavy atom. The van der Waals surface area contributed by atoms with Crippen LogP contribution in [0.3, 0.4) is 0 Å². The smallest absolute Gasteiger partial charge is 0 e.